The third kappa shape index (κ3) is 4.69. The number of phenolic OH excluding ortho intramolecular Hbond substituents is 1. The van der Waals surface area contributed by atoms with Gasteiger partial charge in [0.05, 0.1) is 12.8 Å². The Bertz CT molecular complexity index is 812. The number of ether oxygens (including phenoxy) is 2. The van der Waals surface area contributed by atoms with Crippen molar-refractivity contribution in [2.24, 2.45) is 0 Å². The number of halogens is 2. The van der Waals surface area contributed by atoms with Gasteiger partial charge in [0.2, 0.25) is 0 Å². The van der Waals surface area contributed by atoms with Crippen LogP contribution in [0, 0.1) is 5.82 Å². The smallest absolute Gasteiger partial charge is 0.342 e. The predicted octanol–water partition coefficient (Wildman–Crippen LogP) is 3.49. The van der Waals surface area contributed by atoms with Crippen molar-refractivity contribution in [3.63, 3.8) is 0 Å². The molecule has 2 aromatic carbocycles. The number of carbonyl (C=O) groups is 2. The molecule has 0 aliphatic heterocycles. The first-order valence-electron chi connectivity index (χ1n) is 7.15. The number of hydrogen-bond acceptors (Lipinski definition) is 5. The summed E-state index contributed by atoms with van der Waals surface area (Å²) >= 11 is 3.11. The van der Waals surface area contributed by atoms with Gasteiger partial charge in [0.25, 0.3) is 5.91 Å². The van der Waals surface area contributed by atoms with Crippen LogP contribution >= 0.6 is 15.9 Å². The van der Waals surface area contributed by atoms with Crippen LogP contribution in [0.2, 0.25) is 0 Å². The van der Waals surface area contributed by atoms with Crippen molar-refractivity contribution in [2.75, 3.05) is 12.4 Å². The first-order valence-corrected chi connectivity index (χ1v) is 7.95. The van der Waals surface area contributed by atoms with Gasteiger partial charge >= 0.3 is 5.97 Å². The lowest BCUT2D eigenvalue weighted by Crippen LogP contribution is -2.30. The van der Waals surface area contributed by atoms with Gasteiger partial charge in [0, 0.05) is 10.5 Å². The van der Waals surface area contributed by atoms with E-state index >= 15 is 0 Å². The monoisotopic (exact) mass is 411 g/mol. The van der Waals surface area contributed by atoms with Crippen molar-refractivity contribution in [3.8, 4) is 11.5 Å². The van der Waals surface area contributed by atoms with Crippen LogP contribution in [0.4, 0.5) is 10.1 Å². The number of esters is 1. The molecule has 0 heterocycles. The van der Waals surface area contributed by atoms with Crippen LogP contribution in [0.25, 0.3) is 0 Å². The maximum Gasteiger partial charge on any atom is 0.342 e. The van der Waals surface area contributed by atoms with E-state index in [0.717, 1.165) is 0 Å². The number of hydrogen-bond donors (Lipinski definition) is 2. The average molecular weight is 412 g/mol. The third-order valence-electron chi connectivity index (χ3n) is 3.27. The summed E-state index contributed by atoms with van der Waals surface area (Å²) in [5.41, 5.74) is -0.154. The van der Waals surface area contributed by atoms with E-state index < -0.39 is 23.8 Å². The largest absolute Gasteiger partial charge is 0.507 e. The molecular formula is C17H15BrFNO5. The number of amides is 1. The second-order valence-electron chi connectivity index (χ2n) is 5.04. The third-order valence-corrected chi connectivity index (χ3v) is 3.76. The molecule has 1 atom stereocenters. The Morgan fingerprint density at radius 2 is 1.96 bits per heavy atom. The zero-order valence-corrected chi connectivity index (χ0v) is 15.0. The highest BCUT2D eigenvalue weighted by Crippen LogP contribution is 2.24. The fraction of sp³-hybridized carbons (Fsp3) is 0.176. The summed E-state index contributed by atoms with van der Waals surface area (Å²) in [6.45, 7) is 1.34. The van der Waals surface area contributed by atoms with Gasteiger partial charge in [-0.1, -0.05) is 15.9 Å². The predicted molar refractivity (Wildman–Crippen MR) is 92.3 cm³/mol. The summed E-state index contributed by atoms with van der Waals surface area (Å²) in [7, 11) is 1.42. The summed E-state index contributed by atoms with van der Waals surface area (Å²) in [6.07, 6.45) is -1.20. The first-order chi connectivity index (χ1) is 11.8. The first kappa shape index (κ1) is 18.7. The molecule has 132 valence electrons. The van der Waals surface area contributed by atoms with Gasteiger partial charge in [-0.2, -0.15) is 0 Å². The van der Waals surface area contributed by atoms with E-state index in [1.165, 1.54) is 44.4 Å². The highest BCUT2D eigenvalue weighted by atomic mass is 79.9. The molecule has 0 saturated heterocycles. The number of anilines is 1. The summed E-state index contributed by atoms with van der Waals surface area (Å²) in [4.78, 5) is 24.1. The molecule has 0 aromatic heterocycles. The summed E-state index contributed by atoms with van der Waals surface area (Å²) < 4.78 is 24.2. The molecule has 0 bridgehead atoms. The lowest BCUT2D eigenvalue weighted by Gasteiger charge is -2.14. The molecule has 0 saturated carbocycles. The zero-order valence-electron chi connectivity index (χ0n) is 13.4. The maximum atomic E-state index is 13.7. The van der Waals surface area contributed by atoms with Crippen molar-refractivity contribution < 1.29 is 28.6 Å². The topological polar surface area (TPSA) is 84.9 Å². The molecule has 0 unspecified atom stereocenters. The average Bonchev–Trinajstić information content (AvgIpc) is 2.56. The minimum Gasteiger partial charge on any atom is -0.507 e. The van der Waals surface area contributed by atoms with E-state index in [0.29, 0.717) is 10.2 Å². The molecule has 2 rings (SSSR count). The van der Waals surface area contributed by atoms with Crippen molar-refractivity contribution >= 4 is 33.5 Å². The number of rotatable bonds is 5. The molecule has 0 spiro atoms. The summed E-state index contributed by atoms with van der Waals surface area (Å²) in [6, 6.07) is 8.17. The molecule has 8 heteroatoms. The van der Waals surface area contributed by atoms with Crippen LogP contribution in [0.3, 0.4) is 0 Å². The van der Waals surface area contributed by atoms with Gasteiger partial charge < -0.3 is 19.9 Å². The van der Waals surface area contributed by atoms with Crippen molar-refractivity contribution in [3.05, 3.63) is 52.3 Å². The van der Waals surface area contributed by atoms with Crippen LogP contribution in [0.1, 0.15) is 17.3 Å². The summed E-state index contributed by atoms with van der Waals surface area (Å²) in [5.74, 6) is -2.20. The van der Waals surface area contributed by atoms with Crippen LogP contribution in [0.5, 0.6) is 11.5 Å². The lowest BCUT2D eigenvalue weighted by molar-refractivity contribution is -0.123. The number of aromatic hydroxyl groups is 1. The Labute approximate surface area is 151 Å². The van der Waals surface area contributed by atoms with E-state index in [1.807, 2.05) is 0 Å². The number of phenols is 1. The normalized spacial score (nSPS) is 11.5. The highest BCUT2D eigenvalue weighted by molar-refractivity contribution is 9.10. The Hall–Kier alpha value is -2.61. The van der Waals surface area contributed by atoms with Gasteiger partial charge in [0.1, 0.15) is 22.9 Å². The van der Waals surface area contributed by atoms with Gasteiger partial charge in [0.15, 0.2) is 6.10 Å². The second kappa shape index (κ2) is 7.98. The standard InChI is InChI=1S/C17H15BrFNO5/c1-9(16(22)20-14-6-3-10(18)7-13(14)19)25-17(23)12-5-4-11(24-2)8-15(12)21/h3-9,21H,1-2H3,(H,20,22)/t9-/m0/s1. The number of nitrogens with one attached hydrogen (secondary N) is 1. The van der Waals surface area contributed by atoms with Gasteiger partial charge in [-0.05, 0) is 37.3 Å². The van der Waals surface area contributed by atoms with Crippen molar-refractivity contribution in [2.45, 2.75) is 13.0 Å². The highest BCUT2D eigenvalue weighted by Gasteiger charge is 2.22. The van der Waals surface area contributed by atoms with Crippen LogP contribution in [0.15, 0.2) is 40.9 Å². The Balaban J connectivity index is 2.04. The molecule has 0 aliphatic carbocycles. The molecule has 0 fully saturated rings. The van der Waals surface area contributed by atoms with E-state index in [-0.39, 0.29) is 17.0 Å². The van der Waals surface area contributed by atoms with Gasteiger partial charge in [-0.15, -0.1) is 0 Å². The Morgan fingerprint density at radius 1 is 1.24 bits per heavy atom. The molecule has 6 nitrogen and oxygen atoms in total. The van der Waals surface area contributed by atoms with E-state index in [4.69, 9.17) is 9.47 Å². The van der Waals surface area contributed by atoms with E-state index in [9.17, 15) is 19.1 Å². The number of carbonyl (C=O) groups excluding carboxylic acids is 2. The molecule has 0 radical (unpaired) electrons. The quantitative estimate of drug-likeness (QED) is 0.735. The fourth-order valence-electron chi connectivity index (χ4n) is 1.91. The second-order valence-corrected chi connectivity index (χ2v) is 5.96. The van der Waals surface area contributed by atoms with E-state index in [1.54, 1.807) is 6.07 Å². The van der Waals surface area contributed by atoms with Gasteiger partial charge in [-0.25, -0.2) is 9.18 Å². The van der Waals surface area contributed by atoms with Gasteiger partial charge in [-0.3, -0.25) is 4.79 Å². The minimum atomic E-state index is -1.20. The van der Waals surface area contributed by atoms with E-state index in [2.05, 4.69) is 21.2 Å². The molecular weight excluding hydrogens is 397 g/mol. The maximum absolute atomic E-state index is 13.7. The van der Waals surface area contributed by atoms with Crippen molar-refractivity contribution in [1.29, 1.82) is 0 Å². The van der Waals surface area contributed by atoms with Crippen LogP contribution in [-0.2, 0) is 9.53 Å². The van der Waals surface area contributed by atoms with Crippen LogP contribution in [-0.4, -0.2) is 30.2 Å². The number of benzene rings is 2. The molecule has 0 aliphatic rings. The Morgan fingerprint density at radius 3 is 2.56 bits per heavy atom. The molecule has 2 N–H and O–H groups in total. The SMILES string of the molecule is COc1ccc(C(=O)O[C@@H](C)C(=O)Nc2ccc(Br)cc2F)c(O)c1. The van der Waals surface area contributed by atoms with Crippen molar-refractivity contribution in [1.82, 2.24) is 0 Å². The lowest BCUT2D eigenvalue weighted by atomic mass is 10.2. The van der Waals surface area contributed by atoms with Crippen LogP contribution < -0.4 is 10.1 Å². The number of methoxy groups -OCH3 is 1. The molecule has 1 amide bonds. The fourth-order valence-corrected chi connectivity index (χ4v) is 2.25. The molecule has 25 heavy (non-hydrogen) atoms. The molecule has 2 aromatic rings. The summed E-state index contributed by atoms with van der Waals surface area (Å²) in [5, 5.41) is 12.1. The Kier molecular flexibility index (Phi) is 5.97. The zero-order chi connectivity index (χ0) is 18.6. The minimum absolute atomic E-state index is 0.0385.